The fourth-order valence-corrected chi connectivity index (χ4v) is 6.33. The SMILES string of the molecule is CC(C)(C)OC(=O)COc1ccc2cc(Cc3nn(Nc4ccc(CC(=O)NS(=O)(=O)c5cccs5)cc4)[nH]c3=O)ccc2c1. The number of nitrogens with zero attached hydrogens (tertiary/aromatic N) is 2. The van der Waals surface area contributed by atoms with Gasteiger partial charge in [-0.05, 0) is 78.4 Å². The summed E-state index contributed by atoms with van der Waals surface area (Å²) < 4.78 is 37.5. The van der Waals surface area contributed by atoms with E-state index >= 15 is 0 Å². The van der Waals surface area contributed by atoms with Crippen molar-refractivity contribution in [1.82, 2.24) is 19.8 Å². The molecule has 234 valence electrons. The van der Waals surface area contributed by atoms with E-state index in [-0.39, 0.29) is 22.8 Å². The lowest BCUT2D eigenvalue weighted by Gasteiger charge is -2.19. The molecule has 45 heavy (non-hydrogen) atoms. The van der Waals surface area contributed by atoms with Gasteiger partial charge in [0.2, 0.25) is 5.91 Å². The second-order valence-corrected chi connectivity index (χ2v) is 14.0. The highest BCUT2D eigenvalue weighted by Gasteiger charge is 2.19. The number of benzene rings is 3. The molecule has 0 bridgehead atoms. The van der Waals surface area contributed by atoms with Crippen LogP contribution in [0.15, 0.2) is 87.2 Å². The highest BCUT2D eigenvalue weighted by atomic mass is 32.2. The number of carbonyl (C=O) groups is 2. The van der Waals surface area contributed by atoms with Crippen molar-refractivity contribution >= 4 is 49.7 Å². The Bertz CT molecular complexity index is 1990. The van der Waals surface area contributed by atoms with Gasteiger partial charge in [-0.3, -0.25) is 15.0 Å². The Morgan fingerprint density at radius 1 is 0.978 bits per heavy atom. The van der Waals surface area contributed by atoms with Crippen LogP contribution in [0.2, 0.25) is 0 Å². The molecule has 0 fully saturated rings. The van der Waals surface area contributed by atoms with Gasteiger partial charge in [-0.1, -0.05) is 42.5 Å². The molecule has 0 radical (unpaired) electrons. The number of rotatable bonds is 11. The first-order chi connectivity index (χ1) is 21.3. The van der Waals surface area contributed by atoms with Crippen LogP contribution in [0.4, 0.5) is 5.69 Å². The first-order valence-corrected chi connectivity index (χ1v) is 16.2. The van der Waals surface area contributed by atoms with Gasteiger partial charge in [0.1, 0.15) is 21.3 Å². The van der Waals surface area contributed by atoms with Gasteiger partial charge in [-0.2, -0.15) is 0 Å². The number of hydrogen-bond acceptors (Lipinski definition) is 10. The number of thiophene rings is 1. The van der Waals surface area contributed by atoms with E-state index in [1.807, 2.05) is 30.3 Å². The maximum Gasteiger partial charge on any atom is 0.344 e. The zero-order chi connectivity index (χ0) is 32.2. The third-order valence-corrected chi connectivity index (χ3v) is 9.05. The average Bonchev–Trinajstić information content (AvgIpc) is 3.63. The second kappa shape index (κ2) is 13.0. The lowest BCUT2D eigenvalue weighted by atomic mass is 10.0. The third kappa shape index (κ3) is 8.58. The summed E-state index contributed by atoms with van der Waals surface area (Å²) in [5.41, 5.74) is 4.41. The van der Waals surface area contributed by atoms with Crippen molar-refractivity contribution in [2.24, 2.45) is 0 Å². The fraction of sp³-hybridized carbons (Fsp3) is 0.226. The fourth-order valence-electron chi connectivity index (χ4n) is 4.36. The minimum absolute atomic E-state index is 0.0704. The maximum absolute atomic E-state index is 12.6. The van der Waals surface area contributed by atoms with E-state index in [4.69, 9.17) is 9.47 Å². The highest BCUT2D eigenvalue weighted by molar-refractivity contribution is 7.92. The van der Waals surface area contributed by atoms with Crippen LogP contribution in [0, 0.1) is 0 Å². The highest BCUT2D eigenvalue weighted by Crippen LogP contribution is 2.23. The van der Waals surface area contributed by atoms with Crippen LogP contribution in [-0.2, 0) is 37.2 Å². The predicted molar refractivity (Wildman–Crippen MR) is 170 cm³/mol. The number of nitrogens with one attached hydrogen (secondary N) is 3. The van der Waals surface area contributed by atoms with Gasteiger partial charge in [-0.25, -0.2) is 23.0 Å². The standard InChI is InChI=1S/C31H31N5O7S2/c1-31(2,3)43-28(38)19-42-25-13-10-22-15-21(6-9-23(22)18-25)16-26-30(39)34-36(33-26)32-24-11-7-20(8-12-24)17-27(37)35-45(40,41)29-5-4-14-44-29/h4-15,18,32H,16-17,19H2,1-3H3,(H,34,39)(H,35,37). The number of esters is 1. The smallest absolute Gasteiger partial charge is 0.344 e. The molecule has 0 saturated carbocycles. The summed E-state index contributed by atoms with van der Waals surface area (Å²) in [6, 6.07) is 21.0. The minimum Gasteiger partial charge on any atom is -0.482 e. The lowest BCUT2D eigenvalue weighted by Crippen LogP contribution is -2.31. The van der Waals surface area contributed by atoms with Gasteiger partial charge in [0, 0.05) is 6.42 Å². The van der Waals surface area contributed by atoms with Gasteiger partial charge < -0.3 is 9.47 Å². The molecule has 0 aliphatic rings. The van der Waals surface area contributed by atoms with Gasteiger partial charge in [0.15, 0.2) is 6.61 Å². The number of fused-ring (bicyclic) bond motifs is 1. The van der Waals surface area contributed by atoms with Crippen molar-refractivity contribution in [3.8, 4) is 5.75 Å². The second-order valence-electron chi connectivity index (χ2n) is 11.1. The van der Waals surface area contributed by atoms with E-state index < -0.39 is 27.5 Å². The normalized spacial score (nSPS) is 11.7. The lowest BCUT2D eigenvalue weighted by molar-refractivity contribution is -0.157. The van der Waals surface area contributed by atoms with Gasteiger partial charge in [-0.15, -0.1) is 21.3 Å². The van der Waals surface area contributed by atoms with Crippen LogP contribution in [0.3, 0.4) is 0 Å². The van der Waals surface area contributed by atoms with E-state index in [1.54, 1.807) is 62.5 Å². The molecule has 14 heteroatoms. The number of H-pyrrole nitrogens is 1. The summed E-state index contributed by atoms with van der Waals surface area (Å²) in [7, 11) is -3.89. The summed E-state index contributed by atoms with van der Waals surface area (Å²) in [6.45, 7) is 5.20. The first kappa shape index (κ1) is 31.5. The molecule has 0 atom stereocenters. The third-order valence-electron chi connectivity index (χ3n) is 6.28. The molecule has 5 aromatic rings. The van der Waals surface area contributed by atoms with Crippen LogP contribution in [0.25, 0.3) is 10.8 Å². The van der Waals surface area contributed by atoms with Crippen LogP contribution in [-0.4, -0.2) is 47.6 Å². The molecule has 3 N–H and O–H groups in total. The summed E-state index contributed by atoms with van der Waals surface area (Å²) in [5.74, 6) is -0.551. The van der Waals surface area contributed by atoms with Crippen molar-refractivity contribution in [3.05, 3.63) is 105 Å². The Balaban J connectivity index is 1.17. The molecule has 3 aromatic carbocycles. The Morgan fingerprint density at radius 2 is 1.69 bits per heavy atom. The molecular formula is C31H31N5O7S2. The molecule has 0 aliphatic carbocycles. The largest absolute Gasteiger partial charge is 0.482 e. The summed E-state index contributed by atoms with van der Waals surface area (Å²) in [5, 5.41) is 10.4. The number of aromatic amines is 1. The van der Waals surface area contributed by atoms with E-state index in [0.717, 1.165) is 27.7 Å². The Hall–Kier alpha value is -4.95. The van der Waals surface area contributed by atoms with Crippen molar-refractivity contribution in [1.29, 1.82) is 0 Å². The molecule has 2 aromatic heterocycles. The van der Waals surface area contributed by atoms with Gasteiger partial charge in [0.25, 0.3) is 15.6 Å². The van der Waals surface area contributed by atoms with Crippen LogP contribution < -0.4 is 20.4 Å². The molecule has 1 amide bonds. The molecule has 5 rings (SSSR count). The molecule has 0 unspecified atom stereocenters. The molecule has 0 spiro atoms. The number of anilines is 1. The molecular weight excluding hydrogens is 619 g/mol. The summed E-state index contributed by atoms with van der Waals surface area (Å²) in [4.78, 5) is 38.0. The Labute approximate surface area is 263 Å². The van der Waals surface area contributed by atoms with E-state index in [0.29, 0.717) is 29.1 Å². The maximum atomic E-state index is 12.6. The van der Waals surface area contributed by atoms with Crippen LogP contribution in [0.5, 0.6) is 5.75 Å². The summed E-state index contributed by atoms with van der Waals surface area (Å²) in [6.07, 6.45) is 0.166. The van der Waals surface area contributed by atoms with E-state index in [2.05, 4.69) is 20.3 Å². The predicted octanol–water partition coefficient (Wildman–Crippen LogP) is 4.02. The van der Waals surface area contributed by atoms with E-state index in [9.17, 15) is 22.8 Å². The quantitative estimate of drug-likeness (QED) is 0.180. The van der Waals surface area contributed by atoms with Gasteiger partial charge in [0.05, 0.1) is 12.1 Å². The van der Waals surface area contributed by atoms with Crippen molar-refractivity contribution in [3.63, 3.8) is 0 Å². The number of sulfonamides is 1. The average molecular weight is 650 g/mol. The van der Waals surface area contributed by atoms with Crippen molar-refractivity contribution < 1.29 is 27.5 Å². The summed E-state index contributed by atoms with van der Waals surface area (Å²) >= 11 is 1.03. The number of amides is 1. The molecule has 0 aliphatic heterocycles. The Kier molecular flexibility index (Phi) is 9.06. The molecule has 2 heterocycles. The Morgan fingerprint density at radius 3 is 2.40 bits per heavy atom. The minimum atomic E-state index is -3.89. The van der Waals surface area contributed by atoms with E-state index in [1.165, 1.54) is 11.0 Å². The number of ether oxygens (including phenoxy) is 2. The monoisotopic (exact) mass is 649 g/mol. The first-order valence-electron chi connectivity index (χ1n) is 13.8. The molecule has 12 nitrogen and oxygen atoms in total. The zero-order valence-corrected chi connectivity index (χ0v) is 26.3. The number of aromatic nitrogens is 3. The topological polar surface area (TPSA) is 161 Å². The number of carbonyl (C=O) groups excluding carboxylic acids is 2. The van der Waals surface area contributed by atoms with Crippen molar-refractivity contribution in [2.45, 2.75) is 43.4 Å². The van der Waals surface area contributed by atoms with Crippen LogP contribution in [0.1, 0.15) is 37.6 Å². The molecule has 0 saturated heterocycles. The van der Waals surface area contributed by atoms with Crippen molar-refractivity contribution in [2.75, 3.05) is 12.0 Å². The number of hydrogen-bond donors (Lipinski definition) is 3. The zero-order valence-electron chi connectivity index (χ0n) is 24.7. The van der Waals surface area contributed by atoms with Gasteiger partial charge >= 0.3 is 5.97 Å². The van der Waals surface area contributed by atoms with Crippen LogP contribution >= 0.6 is 11.3 Å².